The van der Waals surface area contributed by atoms with Crippen molar-refractivity contribution in [3.63, 3.8) is 0 Å². The molecule has 0 aliphatic rings. The molecule has 0 saturated heterocycles. The number of aryl methyl sites for hydroxylation is 1. The lowest BCUT2D eigenvalue weighted by molar-refractivity contribution is 1.36. The standard InChI is InChI=1S/C10H14S2/c1-9-2-4-10(5-3-9)8-12-7-6-11/h2-5,11H,6-8H2,1H3. The smallest absolute Gasteiger partial charge is 0.0184 e. The van der Waals surface area contributed by atoms with E-state index < -0.39 is 0 Å². The zero-order valence-corrected chi connectivity index (χ0v) is 9.00. The summed E-state index contributed by atoms with van der Waals surface area (Å²) in [6.45, 7) is 2.12. The predicted molar refractivity (Wildman–Crippen MR) is 61.2 cm³/mol. The van der Waals surface area contributed by atoms with Gasteiger partial charge in [-0.15, -0.1) is 0 Å². The van der Waals surface area contributed by atoms with Crippen LogP contribution in [0.2, 0.25) is 0 Å². The largest absolute Gasteiger partial charge is 0.179 e. The molecule has 0 saturated carbocycles. The molecule has 0 atom stereocenters. The van der Waals surface area contributed by atoms with Gasteiger partial charge >= 0.3 is 0 Å². The van der Waals surface area contributed by atoms with Crippen LogP contribution in [0, 0.1) is 6.92 Å². The summed E-state index contributed by atoms with van der Waals surface area (Å²) in [5.41, 5.74) is 2.74. The first kappa shape index (κ1) is 10.0. The second kappa shape index (κ2) is 5.55. The third-order valence-corrected chi connectivity index (χ3v) is 3.18. The third-order valence-electron chi connectivity index (χ3n) is 1.62. The zero-order chi connectivity index (χ0) is 8.81. The molecular weight excluding hydrogens is 184 g/mol. The molecule has 0 aliphatic carbocycles. The molecule has 1 aromatic carbocycles. The number of hydrogen-bond donors (Lipinski definition) is 1. The SMILES string of the molecule is Cc1ccc(CSCCS)cc1. The molecule has 0 amide bonds. The highest BCUT2D eigenvalue weighted by Gasteiger charge is 1.91. The fourth-order valence-electron chi connectivity index (χ4n) is 0.939. The molecule has 0 N–H and O–H groups in total. The molecule has 0 aliphatic heterocycles. The molecule has 0 aromatic heterocycles. The van der Waals surface area contributed by atoms with Crippen molar-refractivity contribution in [3.8, 4) is 0 Å². The Balaban J connectivity index is 2.37. The van der Waals surface area contributed by atoms with Crippen LogP contribution in [0.4, 0.5) is 0 Å². The van der Waals surface area contributed by atoms with Crippen LogP contribution in [0.25, 0.3) is 0 Å². The first-order valence-corrected chi connectivity index (χ1v) is 5.86. The maximum Gasteiger partial charge on any atom is 0.0184 e. The molecule has 0 nitrogen and oxygen atoms in total. The van der Waals surface area contributed by atoms with Crippen LogP contribution in [0.1, 0.15) is 11.1 Å². The van der Waals surface area contributed by atoms with E-state index >= 15 is 0 Å². The van der Waals surface area contributed by atoms with Gasteiger partial charge in [-0.05, 0) is 18.2 Å². The Morgan fingerprint density at radius 2 is 1.92 bits per heavy atom. The quantitative estimate of drug-likeness (QED) is 0.573. The lowest BCUT2D eigenvalue weighted by Gasteiger charge is -2.00. The molecule has 1 aromatic rings. The van der Waals surface area contributed by atoms with Gasteiger partial charge in [0.2, 0.25) is 0 Å². The van der Waals surface area contributed by atoms with E-state index in [4.69, 9.17) is 0 Å². The molecule has 66 valence electrons. The van der Waals surface area contributed by atoms with Crippen molar-refractivity contribution in [1.82, 2.24) is 0 Å². The van der Waals surface area contributed by atoms with Crippen molar-refractivity contribution in [3.05, 3.63) is 35.4 Å². The number of rotatable bonds is 4. The van der Waals surface area contributed by atoms with Gasteiger partial charge < -0.3 is 0 Å². The average molecular weight is 198 g/mol. The van der Waals surface area contributed by atoms with Crippen molar-refractivity contribution in [2.75, 3.05) is 11.5 Å². The molecule has 2 heteroatoms. The monoisotopic (exact) mass is 198 g/mol. The van der Waals surface area contributed by atoms with Gasteiger partial charge in [-0.2, -0.15) is 24.4 Å². The van der Waals surface area contributed by atoms with Crippen LogP contribution in [0.15, 0.2) is 24.3 Å². The molecule has 0 fully saturated rings. The summed E-state index contributed by atoms with van der Waals surface area (Å²) in [6, 6.07) is 8.72. The van der Waals surface area contributed by atoms with Crippen molar-refractivity contribution in [1.29, 1.82) is 0 Å². The van der Waals surface area contributed by atoms with Gasteiger partial charge in [0.05, 0.1) is 0 Å². The first-order chi connectivity index (χ1) is 5.83. The molecule has 12 heavy (non-hydrogen) atoms. The fraction of sp³-hybridized carbons (Fsp3) is 0.400. The number of hydrogen-bond acceptors (Lipinski definition) is 2. The van der Waals surface area contributed by atoms with E-state index in [0.29, 0.717) is 0 Å². The second-order valence-corrected chi connectivity index (χ2v) is 4.31. The van der Waals surface area contributed by atoms with E-state index in [1.165, 1.54) is 11.1 Å². The summed E-state index contributed by atoms with van der Waals surface area (Å²) < 4.78 is 0. The Labute approximate surface area is 84.2 Å². The fourth-order valence-corrected chi connectivity index (χ4v) is 2.03. The van der Waals surface area contributed by atoms with Crippen molar-refractivity contribution < 1.29 is 0 Å². The van der Waals surface area contributed by atoms with E-state index in [2.05, 4.69) is 43.8 Å². The maximum atomic E-state index is 4.16. The summed E-state index contributed by atoms with van der Waals surface area (Å²) in [6.07, 6.45) is 0. The van der Waals surface area contributed by atoms with Gasteiger partial charge in [0.25, 0.3) is 0 Å². The summed E-state index contributed by atoms with van der Waals surface area (Å²) in [5, 5.41) is 0. The van der Waals surface area contributed by atoms with Gasteiger partial charge in [-0.3, -0.25) is 0 Å². The molecular formula is C10H14S2. The van der Waals surface area contributed by atoms with E-state index in [0.717, 1.165) is 17.3 Å². The molecule has 0 spiro atoms. The summed E-state index contributed by atoms with van der Waals surface area (Å²) in [4.78, 5) is 0. The highest BCUT2D eigenvalue weighted by atomic mass is 32.2. The zero-order valence-electron chi connectivity index (χ0n) is 7.29. The van der Waals surface area contributed by atoms with Gasteiger partial charge in [0, 0.05) is 11.5 Å². The van der Waals surface area contributed by atoms with Gasteiger partial charge in [-0.1, -0.05) is 29.8 Å². The second-order valence-electron chi connectivity index (χ2n) is 2.76. The summed E-state index contributed by atoms with van der Waals surface area (Å²) in [7, 11) is 0. The summed E-state index contributed by atoms with van der Waals surface area (Å²) >= 11 is 6.10. The van der Waals surface area contributed by atoms with E-state index in [-0.39, 0.29) is 0 Å². The van der Waals surface area contributed by atoms with Crippen LogP contribution in [-0.2, 0) is 5.75 Å². The Morgan fingerprint density at radius 1 is 1.25 bits per heavy atom. The van der Waals surface area contributed by atoms with Crippen LogP contribution >= 0.6 is 24.4 Å². The van der Waals surface area contributed by atoms with E-state index in [1.807, 2.05) is 11.8 Å². The minimum absolute atomic E-state index is 0.969. The Morgan fingerprint density at radius 3 is 2.50 bits per heavy atom. The molecule has 1 rings (SSSR count). The average Bonchev–Trinajstić information content (AvgIpc) is 2.09. The van der Waals surface area contributed by atoms with Gasteiger partial charge in [0.15, 0.2) is 0 Å². The number of benzene rings is 1. The Kier molecular flexibility index (Phi) is 4.62. The van der Waals surface area contributed by atoms with Crippen LogP contribution in [-0.4, -0.2) is 11.5 Å². The maximum absolute atomic E-state index is 4.16. The minimum Gasteiger partial charge on any atom is -0.179 e. The van der Waals surface area contributed by atoms with Crippen molar-refractivity contribution >= 4 is 24.4 Å². The van der Waals surface area contributed by atoms with Crippen LogP contribution < -0.4 is 0 Å². The topological polar surface area (TPSA) is 0 Å². The highest BCUT2D eigenvalue weighted by Crippen LogP contribution is 2.12. The normalized spacial score (nSPS) is 10.2. The Bertz CT molecular complexity index is 216. The molecule has 0 unspecified atom stereocenters. The lowest BCUT2D eigenvalue weighted by Crippen LogP contribution is -1.84. The van der Waals surface area contributed by atoms with Crippen LogP contribution in [0.3, 0.4) is 0 Å². The van der Waals surface area contributed by atoms with Gasteiger partial charge in [0.1, 0.15) is 0 Å². The third kappa shape index (κ3) is 3.55. The molecule has 0 bridgehead atoms. The minimum atomic E-state index is 0.969. The number of thioether (sulfide) groups is 1. The first-order valence-electron chi connectivity index (χ1n) is 4.07. The molecule has 0 heterocycles. The predicted octanol–water partition coefficient (Wildman–Crippen LogP) is 3.16. The van der Waals surface area contributed by atoms with E-state index in [1.54, 1.807) is 0 Å². The van der Waals surface area contributed by atoms with E-state index in [9.17, 15) is 0 Å². The van der Waals surface area contributed by atoms with Crippen molar-refractivity contribution in [2.45, 2.75) is 12.7 Å². The Hall–Kier alpha value is -0.0800. The lowest BCUT2D eigenvalue weighted by atomic mass is 10.2. The summed E-state index contributed by atoms with van der Waals surface area (Å²) in [5.74, 6) is 3.22. The molecule has 0 radical (unpaired) electrons. The van der Waals surface area contributed by atoms with Crippen molar-refractivity contribution in [2.24, 2.45) is 0 Å². The van der Waals surface area contributed by atoms with Crippen LogP contribution in [0.5, 0.6) is 0 Å². The number of thiol groups is 1. The highest BCUT2D eigenvalue weighted by molar-refractivity contribution is 7.99. The van der Waals surface area contributed by atoms with Gasteiger partial charge in [-0.25, -0.2) is 0 Å².